The van der Waals surface area contributed by atoms with E-state index in [0.717, 1.165) is 9.87 Å². The van der Waals surface area contributed by atoms with E-state index in [1.54, 1.807) is 19.1 Å². The molecule has 24 heavy (non-hydrogen) atoms. The number of benzene rings is 1. The van der Waals surface area contributed by atoms with Gasteiger partial charge >= 0.3 is 5.97 Å². The zero-order valence-corrected chi connectivity index (χ0v) is 14.0. The van der Waals surface area contributed by atoms with Crippen molar-refractivity contribution in [3.8, 4) is 11.3 Å². The van der Waals surface area contributed by atoms with Gasteiger partial charge < -0.3 is 9.52 Å². The Morgan fingerprint density at radius 1 is 1.29 bits per heavy atom. The van der Waals surface area contributed by atoms with Crippen molar-refractivity contribution in [3.05, 3.63) is 36.4 Å². The first kappa shape index (κ1) is 16.7. The molecule has 8 heteroatoms. The second-order valence-corrected chi connectivity index (χ2v) is 7.63. The lowest BCUT2D eigenvalue weighted by molar-refractivity contribution is -0.142. The Bertz CT molecular complexity index is 842. The van der Waals surface area contributed by atoms with Crippen LogP contribution in [-0.4, -0.2) is 41.4 Å². The van der Waals surface area contributed by atoms with Crippen LogP contribution in [0.2, 0.25) is 0 Å². The van der Waals surface area contributed by atoms with Gasteiger partial charge in [0, 0.05) is 19.0 Å². The Morgan fingerprint density at radius 2 is 2.00 bits per heavy atom. The van der Waals surface area contributed by atoms with E-state index in [1.807, 2.05) is 0 Å². The van der Waals surface area contributed by atoms with E-state index < -0.39 is 22.0 Å². The molecule has 2 heterocycles. The summed E-state index contributed by atoms with van der Waals surface area (Å²) in [6, 6.07) is 5.24. The van der Waals surface area contributed by atoms with E-state index >= 15 is 0 Å². The minimum Gasteiger partial charge on any atom is -0.480 e. The van der Waals surface area contributed by atoms with Crippen LogP contribution in [-0.2, 0) is 14.8 Å². The van der Waals surface area contributed by atoms with Gasteiger partial charge in [-0.3, -0.25) is 4.79 Å². The summed E-state index contributed by atoms with van der Waals surface area (Å²) in [7, 11) is -3.84. The maximum Gasteiger partial charge on any atom is 0.322 e. The molecule has 7 nitrogen and oxygen atoms in total. The largest absolute Gasteiger partial charge is 0.480 e. The van der Waals surface area contributed by atoms with Crippen LogP contribution in [0.15, 0.2) is 39.8 Å². The third-order valence-corrected chi connectivity index (χ3v) is 6.04. The number of aliphatic carboxylic acids is 1. The molecular weight excluding hydrogens is 332 g/mol. The number of carboxylic acids is 1. The maximum atomic E-state index is 12.8. The van der Waals surface area contributed by atoms with E-state index in [4.69, 9.17) is 4.42 Å². The first-order valence-corrected chi connectivity index (χ1v) is 9.11. The highest BCUT2D eigenvalue weighted by atomic mass is 32.2. The zero-order chi connectivity index (χ0) is 17.3. The van der Waals surface area contributed by atoms with Gasteiger partial charge in [-0.1, -0.05) is 12.1 Å². The van der Waals surface area contributed by atoms with Crippen molar-refractivity contribution >= 4 is 16.0 Å². The fourth-order valence-electron chi connectivity index (χ4n) is 2.87. The lowest BCUT2D eigenvalue weighted by Crippen LogP contribution is -2.47. The highest BCUT2D eigenvalue weighted by molar-refractivity contribution is 7.89. The second-order valence-electron chi connectivity index (χ2n) is 5.74. The molecule has 1 saturated heterocycles. The lowest BCUT2D eigenvalue weighted by atomic mass is 10.1. The number of aryl methyl sites for hydroxylation is 1. The first-order valence-electron chi connectivity index (χ1n) is 7.67. The van der Waals surface area contributed by atoms with Crippen LogP contribution < -0.4 is 0 Å². The normalized spacial score (nSPS) is 19.3. The molecular formula is C16H18N2O5S. The average molecular weight is 350 g/mol. The van der Waals surface area contributed by atoms with Crippen molar-refractivity contribution in [1.29, 1.82) is 0 Å². The van der Waals surface area contributed by atoms with Crippen LogP contribution >= 0.6 is 0 Å². The van der Waals surface area contributed by atoms with Gasteiger partial charge in [-0.2, -0.15) is 4.31 Å². The molecule has 3 rings (SSSR count). The molecule has 0 aliphatic carbocycles. The van der Waals surface area contributed by atoms with Crippen molar-refractivity contribution in [2.45, 2.75) is 37.1 Å². The van der Waals surface area contributed by atoms with Crippen LogP contribution in [0.1, 0.15) is 25.2 Å². The maximum absolute atomic E-state index is 12.8. The summed E-state index contributed by atoms with van der Waals surface area (Å²) in [6.07, 6.45) is 3.22. The van der Waals surface area contributed by atoms with E-state index in [2.05, 4.69) is 4.98 Å². The fourth-order valence-corrected chi connectivity index (χ4v) is 4.52. The molecule has 0 amide bonds. The molecule has 128 valence electrons. The summed E-state index contributed by atoms with van der Waals surface area (Å²) in [5.74, 6) is -0.577. The lowest BCUT2D eigenvalue weighted by Gasteiger charge is -2.31. The van der Waals surface area contributed by atoms with Gasteiger partial charge in [0.15, 0.2) is 5.89 Å². The summed E-state index contributed by atoms with van der Waals surface area (Å²) in [5.41, 5.74) is 1.36. The van der Waals surface area contributed by atoms with Crippen molar-refractivity contribution in [3.63, 3.8) is 0 Å². The van der Waals surface area contributed by atoms with Gasteiger partial charge in [-0.15, -0.1) is 0 Å². The first-order chi connectivity index (χ1) is 11.4. The molecule has 0 saturated carbocycles. The Balaban J connectivity index is 1.90. The van der Waals surface area contributed by atoms with Crippen LogP contribution in [0.4, 0.5) is 0 Å². The molecule has 1 fully saturated rings. The standard InChI is InChI=1S/C16H18N2O5S/c1-11-17-14(10-23-11)12-5-7-13(8-6-12)24(21,22)18-9-3-2-4-15(18)16(19)20/h5-8,10,15H,2-4,9H2,1H3,(H,19,20). The third kappa shape index (κ3) is 3.07. The van der Waals surface area contributed by atoms with Gasteiger partial charge in [-0.25, -0.2) is 13.4 Å². The van der Waals surface area contributed by atoms with Gasteiger partial charge in [0.05, 0.1) is 4.90 Å². The van der Waals surface area contributed by atoms with Crippen molar-refractivity contribution < 1.29 is 22.7 Å². The molecule has 1 aromatic heterocycles. The number of nitrogens with zero attached hydrogens (tertiary/aromatic N) is 2. The molecule has 1 aliphatic heterocycles. The summed E-state index contributed by atoms with van der Waals surface area (Å²) in [6.45, 7) is 1.95. The zero-order valence-electron chi connectivity index (χ0n) is 13.2. The van der Waals surface area contributed by atoms with Crippen LogP contribution in [0.3, 0.4) is 0 Å². The minimum atomic E-state index is -3.84. The van der Waals surface area contributed by atoms with Crippen LogP contribution in [0.5, 0.6) is 0 Å². The fraction of sp³-hybridized carbons (Fsp3) is 0.375. The minimum absolute atomic E-state index is 0.0830. The highest BCUT2D eigenvalue weighted by Gasteiger charge is 2.37. The number of sulfonamides is 1. The van der Waals surface area contributed by atoms with Crippen molar-refractivity contribution in [2.24, 2.45) is 0 Å². The molecule has 0 spiro atoms. The molecule has 1 aromatic carbocycles. The van der Waals surface area contributed by atoms with Gasteiger partial charge in [0.1, 0.15) is 18.0 Å². The average Bonchev–Trinajstić information content (AvgIpc) is 3.01. The van der Waals surface area contributed by atoms with Crippen molar-refractivity contribution in [1.82, 2.24) is 9.29 Å². The van der Waals surface area contributed by atoms with Gasteiger partial charge in [0.25, 0.3) is 0 Å². The molecule has 1 aliphatic rings. The Kier molecular flexibility index (Phi) is 4.42. The van der Waals surface area contributed by atoms with E-state index in [9.17, 15) is 18.3 Å². The van der Waals surface area contributed by atoms with Gasteiger partial charge in [-0.05, 0) is 31.4 Å². The highest BCUT2D eigenvalue weighted by Crippen LogP contribution is 2.27. The molecule has 0 radical (unpaired) electrons. The Hall–Kier alpha value is -2.19. The molecule has 0 bridgehead atoms. The number of hydrogen-bond donors (Lipinski definition) is 1. The predicted molar refractivity (Wildman–Crippen MR) is 85.8 cm³/mol. The van der Waals surface area contributed by atoms with Gasteiger partial charge in [0.2, 0.25) is 10.0 Å². The van der Waals surface area contributed by atoms with Crippen LogP contribution in [0, 0.1) is 6.92 Å². The van der Waals surface area contributed by atoms with E-state index in [-0.39, 0.29) is 11.4 Å². The Morgan fingerprint density at radius 3 is 2.58 bits per heavy atom. The molecule has 2 aromatic rings. The molecule has 1 N–H and O–H groups in total. The van der Waals surface area contributed by atoms with Crippen LogP contribution in [0.25, 0.3) is 11.3 Å². The quantitative estimate of drug-likeness (QED) is 0.908. The SMILES string of the molecule is Cc1nc(-c2ccc(S(=O)(=O)N3CCCCC3C(=O)O)cc2)co1. The molecule has 1 unspecified atom stereocenters. The summed E-state index contributed by atoms with van der Waals surface area (Å²) < 4.78 is 31.8. The number of hydrogen-bond acceptors (Lipinski definition) is 5. The monoisotopic (exact) mass is 350 g/mol. The smallest absolute Gasteiger partial charge is 0.322 e. The summed E-state index contributed by atoms with van der Waals surface area (Å²) >= 11 is 0. The second kappa shape index (κ2) is 6.37. The summed E-state index contributed by atoms with van der Waals surface area (Å²) in [4.78, 5) is 15.6. The predicted octanol–water partition coefficient (Wildman–Crippen LogP) is 2.28. The number of rotatable bonds is 4. The summed E-state index contributed by atoms with van der Waals surface area (Å²) in [5, 5.41) is 9.29. The number of aromatic nitrogens is 1. The van der Waals surface area contributed by atoms with E-state index in [0.29, 0.717) is 30.8 Å². The number of carboxylic acid groups (broad SMARTS) is 1. The molecule has 1 atom stereocenters. The number of carbonyl (C=O) groups is 1. The number of oxazole rings is 1. The topological polar surface area (TPSA) is 101 Å². The third-order valence-electron chi connectivity index (χ3n) is 4.11. The van der Waals surface area contributed by atoms with Crippen molar-refractivity contribution in [2.75, 3.05) is 6.54 Å². The van der Waals surface area contributed by atoms with E-state index in [1.165, 1.54) is 18.4 Å². The number of piperidine rings is 1. The Labute approximate surface area is 140 Å².